The van der Waals surface area contributed by atoms with Crippen LogP contribution in [-0.2, 0) is 9.53 Å². The number of carbonyl (C=O) groups is 1. The minimum atomic E-state index is -0.341. The highest BCUT2D eigenvalue weighted by Gasteiger charge is 2.20. The summed E-state index contributed by atoms with van der Waals surface area (Å²) in [5.41, 5.74) is 3.89. The molecule has 27 heavy (non-hydrogen) atoms. The van der Waals surface area contributed by atoms with Gasteiger partial charge < -0.3 is 10.1 Å². The van der Waals surface area contributed by atoms with Crippen LogP contribution in [0.15, 0.2) is 97.1 Å². The van der Waals surface area contributed by atoms with Gasteiger partial charge in [-0.15, -0.1) is 0 Å². The van der Waals surface area contributed by atoms with Gasteiger partial charge in [0.1, 0.15) is 0 Å². The molecule has 0 fully saturated rings. The molecule has 136 valence electrons. The Balaban J connectivity index is 2.08. The van der Waals surface area contributed by atoms with Crippen LogP contribution in [0.5, 0.6) is 0 Å². The molecule has 0 aromatic heterocycles. The maximum Gasteiger partial charge on any atom is 0.331 e. The van der Waals surface area contributed by atoms with Crippen molar-refractivity contribution < 1.29 is 9.53 Å². The van der Waals surface area contributed by atoms with E-state index in [9.17, 15) is 4.79 Å². The van der Waals surface area contributed by atoms with Gasteiger partial charge in [-0.3, -0.25) is 0 Å². The summed E-state index contributed by atoms with van der Waals surface area (Å²) in [6.45, 7) is 2.16. The molecule has 1 unspecified atom stereocenters. The van der Waals surface area contributed by atoms with E-state index >= 15 is 0 Å². The van der Waals surface area contributed by atoms with Gasteiger partial charge in [0.15, 0.2) is 0 Å². The molecule has 0 bridgehead atoms. The van der Waals surface area contributed by atoms with E-state index in [0.29, 0.717) is 6.61 Å². The Kier molecular flexibility index (Phi) is 6.42. The van der Waals surface area contributed by atoms with Gasteiger partial charge >= 0.3 is 5.97 Å². The number of hydrogen-bond acceptors (Lipinski definition) is 3. The van der Waals surface area contributed by atoms with Crippen LogP contribution in [0.3, 0.4) is 0 Å². The molecule has 3 heteroatoms. The normalized spacial score (nSPS) is 12.3. The second kappa shape index (κ2) is 9.39. The summed E-state index contributed by atoms with van der Waals surface area (Å²) >= 11 is 0. The summed E-state index contributed by atoms with van der Waals surface area (Å²) in [6, 6.07) is 29.8. The van der Waals surface area contributed by atoms with Crippen molar-refractivity contribution in [1.29, 1.82) is 0 Å². The van der Waals surface area contributed by atoms with Gasteiger partial charge in [-0.1, -0.05) is 78.9 Å². The molecule has 0 radical (unpaired) electrons. The van der Waals surface area contributed by atoms with Crippen molar-refractivity contribution in [2.75, 3.05) is 11.9 Å². The van der Waals surface area contributed by atoms with Crippen molar-refractivity contribution in [3.05, 3.63) is 108 Å². The van der Waals surface area contributed by atoms with Crippen LogP contribution in [0.2, 0.25) is 0 Å². The Hall–Kier alpha value is -3.33. The lowest BCUT2D eigenvalue weighted by Crippen LogP contribution is -2.15. The Morgan fingerprint density at radius 3 is 2.04 bits per heavy atom. The van der Waals surface area contributed by atoms with Crippen molar-refractivity contribution in [2.24, 2.45) is 0 Å². The summed E-state index contributed by atoms with van der Waals surface area (Å²) in [7, 11) is 0. The Morgan fingerprint density at radius 1 is 0.889 bits per heavy atom. The largest absolute Gasteiger partial charge is 0.463 e. The average Bonchev–Trinajstić information content (AvgIpc) is 2.73. The molecule has 0 aliphatic heterocycles. The fourth-order valence-electron chi connectivity index (χ4n) is 2.96. The number of carbonyl (C=O) groups excluding carboxylic acids is 1. The molecule has 0 aliphatic carbocycles. The monoisotopic (exact) mass is 357 g/mol. The summed E-state index contributed by atoms with van der Waals surface area (Å²) in [5.74, 6) is -0.341. The molecule has 1 atom stereocenters. The van der Waals surface area contributed by atoms with Gasteiger partial charge in [-0.05, 0) is 35.8 Å². The third-order valence-corrected chi connectivity index (χ3v) is 4.20. The molecule has 0 spiro atoms. The van der Waals surface area contributed by atoms with E-state index in [-0.39, 0.29) is 12.0 Å². The highest BCUT2D eigenvalue weighted by atomic mass is 16.5. The van der Waals surface area contributed by atoms with E-state index in [1.807, 2.05) is 85.8 Å². The molecule has 3 aromatic carbocycles. The van der Waals surface area contributed by atoms with Gasteiger partial charge in [0.05, 0.1) is 12.6 Å². The molecular weight excluding hydrogens is 334 g/mol. The lowest BCUT2D eigenvalue weighted by molar-refractivity contribution is -0.137. The van der Waals surface area contributed by atoms with E-state index in [1.165, 1.54) is 0 Å². The molecular formula is C24H23NO2. The predicted molar refractivity (Wildman–Crippen MR) is 110 cm³/mol. The molecule has 3 aromatic rings. The second-order valence-electron chi connectivity index (χ2n) is 6.07. The van der Waals surface area contributed by atoms with E-state index in [0.717, 1.165) is 22.4 Å². The third-order valence-electron chi connectivity index (χ3n) is 4.20. The van der Waals surface area contributed by atoms with Crippen LogP contribution in [-0.4, -0.2) is 12.6 Å². The van der Waals surface area contributed by atoms with Crippen LogP contribution >= 0.6 is 0 Å². The first-order chi connectivity index (χ1) is 13.3. The SMILES string of the molecule is CCOC(=O)/C=C(\c1ccccc1)C(Nc1ccccc1)c1ccccc1. The first-order valence-corrected chi connectivity index (χ1v) is 9.08. The predicted octanol–water partition coefficient (Wildman–Crippen LogP) is 5.49. The van der Waals surface area contributed by atoms with Gasteiger partial charge in [0.2, 0.25) is 0 Å². The number of esters is 1. The Bertz CT molecular complexity index is 874. The summed E-state index contributed by atoms with van der Waals surface area (Å²) in [6.07, 6.45) is 1.59. The second-order valence-corrected chi connectivity index (χ2v) is 6.07. The van der Waals surface area contributed by atoms with Crippen LogP contribution < -0.4 is 5.32 Å². The molecule has 0 heterocycles. The number of rotatable bonds is 7. The molecule has 1 N–H and O–H groups in total. The fraction of sp³-hybridized carbons (Fsp3) is 0.125. The molecule has 0 aliphatic rings. The lowest BCUT2D eigenvalue weighted by atomic mass is 9.92. The van der Waals surface area contributed by atoms with Crippen molar-refractivity contribution in [1.82, 2.24) is 0 Å². The molecule has 0 saturated heterocycles. The van der Waals surface area contributed by atoms with Crippen molar-refractivity contribution in [2.45, 2.75) is 13.0 Å². The van der Waals surface area contributed by atoms with Gasteiger partial charge in [-0.2, -0.15) is 0 Å². The lowest BCUT2D eigenvalue weighted by Gasteiger charge is -2.24. The third kappa shape index (κ3) is 5.08. The van der Waals surface area contributed by atoms with Crippen LogP contribution in [0.4, 0.5) is 5.69 Å². The number of anilines is 1. The van der Waals surface area contributed by atoms with Gasteiger partial charge in [0, 0.05) is 11.8 Å². The first-order valence-electron chi connectivity index (χ1n) is 9.08. The van der Waals surface area contributed by atoms with Crippen molar-refractivity contribution in [3.63, 3.8) is 0 Å². The maximum absolute atomic E-state index is 12.3. The summed E-state index contributed by atoms with van der Waals surface area (Å²) < 4.78 is 5.19. The number of ether oxygens (including phenoxy) is 1. The van der Waals surface area contributed by atoms with Crippen LogP contribution in [0, 0.1) is 0 Å². The summed E-state index contributed by atoms with van der Waals surface area (Å²) in [4.78, 5) is 12.3. The van der Waals surface area contributed by atoms with E-state index in [2.05, 4.69) is 17.4 Å². The quantitative estimate of drug-likeness (QED) is 0.449. The topological polar surface area (TPSA) is 38.3 Å². The number of para-hydroxylation sites is 1. The Morgan fingerprint density at radius 2 is 1.44 bits per heavy atom. The maximum atomic E-state index is 12.3. The Labute approximate surface area is 160 Å². The zero-order valence-electron chi connectivity index (χ0n) is 15.3. The molecule has 0 amide bonds. The minimum Gasteiger partial charge on any atom is -0.463 e. The average molecular weight is 357 g/mol. The van der Waals surface area contributed by atoms with Gasteiger partial charge in [-0.25, -0.2) is 4.79 Å². The van der Waals surface area contributed by atoms with Crippen molar-refractivity contribution in [3.8, 4) is 0 Å². The zero-order valence-corrected chi connectivity index (χ0v) is 15.3. The number of hydrogen-bond donors (Lipinski definition) is 1. The highest BCUT2D eigenvalue weighted by molar-refractivity contribution is 5.93. The molecule has 3 nitrogen and oxygen atoms in total. The highest BCUT2D eigenvalue weighted by Crippen LogP contribution is 2.33. The van der Waals surface area contributed by atoms with Crippen LogP contribution in [0.25, 0.3) is 5.57 Å². The number of benzene rings is 3. The zero-order chi connectivity index (χ0) is 18.9. The van der Waals surface area contributed by atoms with Gasteiger partial charge in [0.25, 0.3) is 0 Å². The van der Waals surface area contributed by atoms with Crippen molar-refractivity contribution >= 4 is 17.2 Å². The minimum absolute atomic E-state index is 0.194. The first kappa shape index (κ1) is 18.5. The van der Waals surface area contributed by atoms with E-state index in [1.54, 1.807) is 6.08 Å². The van der Waals surface area contributed by atoms with Crippen LogP contribution in [0.1, 0.15) is 24.1 Å². The van der Waals surface area contributed by atoms with E-state index in [4.69, 9.17) is 4.74 Å². The van der Waals surface area contributed by atoms with E-state index < -0.39 is 0 Å². The fourth-order valence-corrected chi connectivity index (χ4v) is 2.96. The number of nitrogens with one attached hydrogen (secondary N) is 1. The molecule has 0 saturated carbocycles. The summed E-state index contributed by atoms with van der Waals surface area (Å²) in [5, 5.41) is 3.57. The molecule has 3 rings (SSSR count). The smallest absolute Gasteiger partial charge is 0.331 e. The standard InChI is InChI=1S/C24H23NO2/c1-2-27-23(26)18-22(19-12-6-3-7-13-19)24(20-14-8-4-9-15-20)25-21-16-10-5-11-17-21/h3-18,24-25H,2H2,1H3/b22-18+.